The first-order valence-corrected chi connectivity index (χ1v) is 5.16. The summed E-state index contributed by atoms with van der Waals surface area (Å²) in [5.41, 5.74) is 3.10. The Labute approximate surface area is 103 Å². The van der Waals surface area contributed by atoms with E-state index in [-0.39, 0.29) is 5.95 Å². The number of nitrogens with two attached hydrogens (primary N) is 1. The minimum Gasteiger partial charge on any atom is -0.437 e. The molecule has 2 rings (SSSR count). The van der Waals surface area contributed by atoms with Gasteiger partial charge in [-0.05, 0) is 6.92 Å². The summed E-state index contributed by atoms with van der Waals surface area (Å²) in [5.74, 6) is 6.40. The predicted octanol–water partition coefficient (Wildman–Crippen LogP) is 1.91. The molecule has 6 nitrogen and oxygen atoms in total. The maximum atomic E-state index is 5.79. The first-order valence-electron chi connectivity index (χ1n) is 4.78. The number of rotatable bonds is 3. The highest BCUT2D eigenvalue weighted by molar-refractivity contribution is 6.30. The third-order valence-corrected chi connectivity index (χ3v) is 2.07. The molecular formula is C10H10ClN5O. The molecular weight excluding hydrogens is 242 g/mol. The number of hydrogen-bond acceptors (Lipinski definition) is 6. The van der Waals surface area contributed by atoms with Gasteiger partial charge in [-0.15, -0.1) is 0 Å². The number of pyridine rings is 1. The van der Waals surface area contributed by atoms with Gasteiger partial charge in [0.2, 0.25) is 11.8 Å². The molecule has 0 aliphatic carbocycles. The van der Waals surface area contributed by atoms with Gasteiger partial charge in [0.1, 0.15) is 5.75 Å². The van der Waals surface area contributed by atoms with Gasteiger partial charge in [0, 0.05) is 24.0 Å². The highest BCUT2D eigenvalue weighted by atomic mass is 35.5. The Bertz CT molecular complexity index is 534. The second-order valence-electron chi connectivity index (χ2n) is 3.26. The van der Waals surface area contributed by atoms with Gasteiger partial charge in [0.05, 0.1) is 11.2 Å². The smallest absolute Gasteiger partial charge is 0.240 e. The van der Waals surface area contributed by atoms with Crippen molar-refractivity contribution in [1.29, 1.82) is 0 Å². The molecule has 88 valence electrons. The van der Waals surface area contributed by atoms with Crippen molar-refractivity contribution in [2.24, 2.45) is 5.84 Å². The van der Waals surface area contributed by atoms with E-state index in [9.17, 15) is 0 Å². The fourth-order valence-electron chi connectivity index (χ4n) is 1.23. The van der Waals surface area contributed by atoms with Gasteiger partial charge in [-0.1, -0.05) is 11.6 Å². The first-order chi connectivity index (χ1) is 8.17. The lowest BCUT2D eigenvalue weighted by atomic mass is 10.4. The zero-order valence-electron chi connectivity index (χ0n) is 9.01. The summed E-state index contributed by atoms with van der Waals surface area (Å²) < 4.78 is 5.49. The Balaban J connectivity index is 2.26. The minimum absolute atomic E-state index is 0.287. The standard InChI is InChI=1S/C10H10ClN5O/c1-6-2-9(15-10(14-6)16-12)17-8-3-7(11)4-13-5-8/h2-5H,12H2,1H3,(H,14,15,16). The molecule has 0 aliphatic heterocycles. The van der Waals surface area contributed by atoms with Crippen molar-refractivity contribution in [3.8, 4) is 11.6 Å². The molecule has 0 atom stereocenters. The Kier molecular flexibility index (Phi) is 3.36. The fourth-order valence-corrected chi connectivity index (χ4v) is 1.39. The zero-order chi connectivity index (χ0) is 12.3. The van der Waals surface area contributed by atoms with E-state index < -0.39 is 0 Å². The molecule has 0 fully saturated rings. The van der Waals surface area contributed by atoms with Crippen LogP contribution in [0.25, 0.3) is 0 Å². The fraction of sp³-hybridized carbons (Fsp3) is 0.100. The van der Waals surface area contributed by atoms with Gasteiger partial charge in [0.15, 0.2) is 0 Å². The van der Waals surface area contributed by atoms with E-state index in [1.54, 1.807) is 18.3 Å². The van der Waals surface area contributed by atoms with Crippen LogP contribution in [0.5, 0.6) is 11.6 Å². The summed E-state index contributed by atoms with van der Waals surface area (Å²) in [6, 6.07) is 3.32. The SMILES string of the molecule is Cc1cc(Oc2cncc(Cl)c2)nc(NN)n1. The van der Waals surface area contributed by atoms with Crippen LogP contribution in [0.1, 0.15) is 5.69 Å². The number of nitrogens with zero attached hydrogens (tertiary/aromatic N) is 3. The van der Waals surface area contributed by atoms with Crippen LogP contribution < -0.4 is 16.0 Å². The Hall–Kier alpha value is -1.92. The van der Waals surface area contributed by atoms with E-state index in [4.69, 9.17) is 22.2 Å². The van der Waals surface area contributed by atoms with Crippen molar-refractivity contribution in [2.45, 2.75) is 6.92 Å². The molecule has 0 unspecified atom stereocenters. The summed E-state index contributed by atoms with van der Waals surface area (Å²) in [6.45, 7) is 1.81. The van der Waals surface area contributed by atoms with Crippen LogP contribution in [0.15, 0.2) is 24.5 Å². The average molecular weight is 252 g/mol. The summed E-state index contributed by atoms with van der Waals surface area (Å²) in [4.78, 5) is 12.0. The van der Waals surface area contributed by atoms with E-state index >= 15 is 0 Å². The van der Waals surface area contributed by atoms with E-state index in [1.807, 2.05) is 6.92 Å². The van der Waals surface area contributed by atoms with Crippen LogP contribution in [0.4, 0.5) is 5.95 Å². The molecule has 2 aromatic heterocycles. The largest absolute Gasteiger partial charge is 0.437 e. The van der Waals surface area contributed by atoms with E-state index in [0.29, 0.717) is 16.7 Å². The molecule has 7 heteroatoms. The van der Waals surface area contributed by atoms with Gasteiger partial charge >= 0.3 is 0 Å². The van der Waals surface area contributed by atoms with Crippen molar-refractivity contribution in [3.63, 3.8) is 0 Å². The monoisotopic (exact) mass is 251 g/mol. The summed E-state index contributed by atoms with van der Waals surface area (Å²) in [6.07, 6.45) is 3.06. The Morgan fingerprint density at radius 1 is 1.29 bits per heavy atom. The maximum Gasteiger partial charge on any atom is 0.240 e. The number of nitrogens with one attached hydrogen (secondary N) is 1. The third-order valence-electron chi connectivity index (χ3n) is 1.86. The van der Waals surface area contributed by atoms with E-state index in [0.717, 1.165) is 5.69 Å². The second kappa shape index (κ2) is 4.94. The molecule has 0 radical (unpaired) electrons. The van der Waals surface area contributed by atoms with Gasteiger partial charge < -0.3 is 4.74 Å². The lowest BCUT2D eigenvalue weighted by molar-refractivity contribution is 0.459. The molecule has 3 N–H and O–H groups in total. The molecule has 2 aromatic rings. The van der Waals surface area contributed by atoms with Crippen LogP contribution in [0, 0.1) is 6.92 Å². The number of hydrazine groups is 1. The topological polar surface area (TPSA) is 86.0 Å². The van der Waals surface area contributed by atoms with Gasteiger partial charge in [-0.2, -0.15) is 4.98 Å². The number of halogens is 1. The second-order valence-corrected chi connectivity index (χ2v) is 3.69. The Morgan fingerprint density at radius 3 is 2.82 bits per heavy atom. The normalized spacial score (nSPS) is 10.1. The highest BCUT2D eigenvalue weighted by Crippen LogP contribution is 2.22. The van der Waals surface area contributed by atoms with Crippen molar-refractivity contribution >= 4 is 17.5 Å². The molecule has 0 bridgehead atoms. The van der Waals surface area contributed by atoms with Gasteiger partial charge in [-0.25, -0.2) is 10.8 Å². The van der Waals surface area contributed by atoms with Crippen molar-refractivity contribution in [3.05, 3.63) is 35.2 Å². The predicted molar refractivity (Wildman–Crippen MR) is 63.9 cm³/mol. The summed E-state index contributed by atoms with van der Waals surface area (Å²) >= 11 is 5.79. The van der Waals surface area contributed by atoms with E-state index in [2.05, 4.69) is 20.4 Å². The number of ether oxygens (including phenoxy) is 1. The van der Waals surface area contributed by atoms with Crippen molar-refractivity contribution in [1.82, 2.24) is 15.0 Å². The van der Waals surface area contributed by atoms with Gasteiger partial charge in [-0.3, -0.25) is 10.4 Å². The van der Waals surface area contributed by atoms with Crippen LogP contribution in [-0.2, 0) is 0 Å². The molecule has 0 saturated heterocycles. The minimum atomic E-state index is 0.287. The summed E-state index contributed by atoms with van der Waals surface area (Å²) in [7, 11) is 0. The number of hydrogen-bond donors (Lipinski definition) is 2. The van der Waals surface area contributed by atoms with Gasteiger partial charge in [0.25, 0.3) is 0 Å². The number of anilines is 1. The number of aryl methyl sites for hydroxylation is 1. The number of aromatic nitrogens is 3. The number of nitrogen functional groups attached to an aromatic ring is 1. The van der Waals surface area contributed by atoms with E-state index in [1.165, 1.54) is 6.20 Å². The average Bonchev–Trinajstić information content (AvgIpc) is 2.28. The molecule has 0 aliphatic rings. The lowest BCUT2D eigenvalue weighted by Crippen LogP contribution is -2.11. The van der Waals surface area contributed by atoms with Crippen molar-refractivity contribution in [2.75, 3.05) is 5.43 Å². The quantitative estimate of drug-likeness (QED) is 0.640. The van der Waals surface area contributed by atoms with Crippen LogP contribution >= 0.6 is 11.6 Å². The first kappa shape index (κ1) is 11.6. The zero-order valence-corrected chi connectivity index (χ0v) is 9.77. The van der Waals surface area contributed by atoms with Crippen LogP contribution in [0.2, 0.25) is 5.02 Å². The molecule has 17 heavy (non-hydrogen) atoms. The highest BCUT2D eigenvalue weighted by Gasteiger charge is 2.04. The maximum absolute atomic E-state index is 5.79. The molecule has 0 saturated carbocycles. The lowest BCUT2D eigenvalue weighted by Gasteiger charge is -2.06. The molecule has 0 aromatic carbocycles. The van der Waals surface area contributed by atoms with Crippen LogP contribution in [-0.4, -0.2) is 15.0 Å². The molecule has 0 spiro atoms. The third kappa shape index (κ3) is 3.02. The Morgan fingerprint density at radius 2 is 2.12 bits per heavy atom. The van der Waals surface area contributed by atoms with Crippen molar-refractivity contribution < 1.29 is 4.74 Å². The molecule has 0 amide bonds. The van der Waals surface area contributed by atoms with Crippen LogP contribution in [0.3, 0.4) is 0 Å². The molecule has 2 heterocycles. The summed E-state index contributed by atoms with van der Waals surface area (Å²) in [5, 5.41) is 0.491.